The molecule has 0 bridgehead atoms. The van der Waals surface area contributed by atoms with Crippen molar-refractivity contribution in [1.29, 1.82) is 0 Å². The quantitative estimate of drug-likeness (QED) is 0.0198. The number of esters is 1. The van der Waals surface area contributed by atoms with Gasteiger partial charge in [0.25, 0.3) is 17.6 Å². The average Bonchev–Trinajstić information content (AvgIpc) is 3.83. The molecule has 4 heterocycles. The first-order chi connectivity index (χ1) is 37.6. The summed E-state index contributed by atoms with van der Waals surface area (Å²) in [6.07, 6.45) is 2.86. The number of likely N-dealkylation sites (tertiary alicyclic amines) is 2. The van der Waals surface area contributed by atoms with E-state index in [9.17, 15) is 43.5 Å². The Bertz CT molecular complexity index is 2940. The van der Waals surface area contributed by atoms with Crippen molar-refractivity contribution in [1.82, 2.24) is 20.0 Å². The Morgan fingerprint density at radius 2 is 1.73 bits per heavy atom. The van der Waals surface area contributed by atoms with Gasteiger partial charge in [0.1, 0.15) is 36.8 Å². The van der Waals surface area contributed by atoms with Crippen molar-refractivity contribution in [3.05, 3.63) is 105 Å². The van der Waals surface area contributed by atoms with Crippen LogP contribution in [0, 0.1) is 31.1 Å². The Kier molecular flexibility index (Phi) is 18.0. The number of nitrogens with one attached hydrogen (secondary N) is 2. The van der Waals surface area contributed by atoms with Crippen molar-refractivity contribution in [3.63, 3.8) is 0 Å². The number of carbonyl (C=O) groups excluding carboxylic acids is 8. The van der Waals surface area contributed by atoms with Crippen LogP contribution >= 0.6 is 11.8 Å². The standard InChI is InChI=1S/C59H74N8O11S/c1-8-59(61,62-7)51(70)56(75)65-25-10-9-17-43(65)57(76)78-46(21-20-37-19-18-33(2)34(3)27-37)38-13-12-16-41(29-38)77-26-24-63-53(72)39-14-11-15-40(28-39)64-54(73)44-30-42(32-66(44)36(5)68)79-50-35(4)48-47(52(60)71)55(74)67(48)49(50)45(69)31-58(6)22-23-58/h11-16,18-19,27-29,35,42-44,46-48,52,71H,7-10,17,20-26,30-32,60-61H2,1-6H3,(H,63,72)(H,64,73). The van der Waals surface area contributed by atoms with Crippen LogP contribution in [0.1, 0.15) is 124 Å². The van der Waals surface area contributed by atoms with E-state index in [1.165, 1.54) is 33.4 Å². The fourth-order valence-electron chi connectivity index (χ4n) is 11.2. The van der Waals surface area contributed by atoms with E-state index in [2.05, 4.69) is 28.4 Å². The summed E-state index contributed by atoms with van der Waals surface area (Å²) in [5.41, 5.74) is 15.0. The molecule has 4 aliphatic heterocycles. The largest absolute Gasteiger partial charge is 0.492 e. The van der Waals surface area contributed by atoms with Crippen molar-refractivity contribution in [3.8, 4) is 5.75 Å². The molecule has 9 unspecified atom stereocenters. The minimum Gasteiger partial charge on any atom is -0.492 e. The minimum atomic E-state index is -1.80. The first-order valence-corrected chi connectivity index (χ1v) is 28.2. The maximum absolute atomic E-state index is 14.1. The van der Waals surface area contributed by atoms with Gasteiger partial charge in [-0.2, -0.15) is 0 Å². The number of aliphatic hydroxyl groups excluding tert-OH is 1. The van der Waals surface area contributed by atoms with Gasteiger partial charge in [0.05, 0.1) is 24.2 Å². The van der Waals surface area contributed by atoms with Gasteiger partial charge in [0.2, 0.25) is 17.7 Å². The highest BCUT2D eigenvalue weighted by Gasteiger charge is 2.61. The first kappa shape index (κ1) is 58.4. The molecule has 0 radical (unpaired) electrons. The van der Waals surface area contributed by atoms with Gasteiger partial charge in [-0.05, 0) is 136 Å². The Morgan fingerprint density at radius 3 is 2.42 bits per heavy atom. The van der Waals surface area contributed by atoms with Crippen LogP contribution in [0.5, 0.6) is 5.75 Å². The lowest BCUT2D eigenvalue weighted by Gasteiger charge is -2.46. The number of β-lactam (4-membered cyclic amide) rings is 1. The van der Waals surface area contributed by atoms with E-state index in [4.69, 9.17) is 20.9 Å². The third-order valence-corrected chi connectivity index (χ3v) is 17.9. The lowest BCUT2D eigenvalue weighted by molar-refractivity contribution is -0.164. The molecule has 7 N–H and O–H groups in total. The van der Waals surface area contributed by atoms with Crippen LogP contribution in [0.15, 0.2) is 82.3 Å². The second-order valence-electron chi connectivity index (χ2n) is 22.2. The topological polar surface area (TPSA) is 273 Å². The number of aliphatic imine (C=N–C) groups is 1. The lowest BCUT2D eigenvalue weighted by Crippen LogP contribution is -2.65. The summed E-state index contributed by atoms with van der Waals surface area (Å²) in [6.45, 7) is 15.1. The number of hydrogen-bond acceptors (Lipinski definition) is 15. The number of nitrogens with two attached hydrogens (primary N) is 2. The molecule has 5 aliphatic rings. The molecule has 3 aromatic carbocycles. The van der Waals surface area contributed by atoms with Gasteiger partial charge in [-0.1, -0.05) is 57.2 Å². The molecule has 79 heavy (non-hydrogen) atoms. The zero-order chi connectivity index (χ0) is 57.1. The van der Waals surface area contributed by atoms with Gasteiger partial charge < -0.3 is 51.4 Å². The second kappa shape index (κ2) is 24.3. The molecule has 5 amide bonds. The number of nitrogens with zero attached hydrogens (tertiary/aromatic N) is 4. The van der Waals surface area contributed by atoms with Crippen LogP contribution in [0.2, 0.25) is 0 Å². The molecule has 20 heteroatoms. The van der Waals surface area contributed by atoms with E-state index in [0.717, 1.165) is 29.5 Å². The SMILES string of the molecule is C=NC(N)(CC)C(=O)C(=O)N1CCCCC1C(=O)OC(CCc1ccc(C)c(C)c1)c1cccc(OCCNC(=O)c2cccc(NC(=O)C3CC(SC4=C(C(=O)CC5(C)CC5)N5C(=O)C(C(N)O)C5C4C)CN3C(C)=O)c2)c1. The van der Waals surface area contributed by atoms with Gasteiger partial charge in [-0.15, -0.1) is 11.8 Å². The van der Waals surface area contributed by atoms with Crippen molar-refractivity contribution in [2.45, 2.75) is 147 Å². The maximum atomic E-state index is 14.1. The summed E-state index contributed by atoms with van der Waals surface area (Å²) in [6, 6.07) is 17.4. The number of ether oxygens (including phenoxy) is 2. The fraction of sp³-hybridized carbons (Fsp3) is 0.508. The number of Topliss-reactive ketones (excluding diaryl/α,β-unsaturated/α-hetero) is 2. The number of piperidine rings is 1. The first-order valence-electron chi connectivity index (χ1n) is 27.4. The summed E-state index contributed by atoms with van der Waals surface area (Å²) in [4.78, 5) is 117. The maximum Gasteiger partial charge on any atom is 0.329 e. The van der Waals surface area contributed by atoms with Crippen LogP contribution in [-0.2, 0) is 44.7 Å². The van der Waals surface area contributed by atoms with Gasteiger partial charge in [0, 0.05) is 53.8 Å². The number of benzene rings is 3. The van der Waals surface area contributed by atoms with E-state index >= 15 is 0 Å². The summed E-state index contributed by atoms with van der Waals surface area (Å²) >= 11 is 1.41. The van der Waals surface area contributed by atoms with Crippen LogP contribution in [0.4, 0.5) is 5.69 Å². The summed E-state index contributed by atoms with van der Waals surface area (Å²) in [5, 5.41) is 15.7. The highest BCUT2D eigenvalue weighted by molar-refractivity contribution is 8.03. The summed E-state index contributed by atoms with van der Waals surface area (Å²) < 4.78 is 12.4. The van der Waals surface area contributed by atoms with E-state index in [1.807, 2.05) is 45.9 Å². The third-order valence-electron chi connectivity index (χ3n) is 16.4. The number of aryl methyl sites for hydroxylation is 3. The predicted octanol–water partition coefficient (Wildman–Crippen LogP) is 5.43. The highest BCUT2D eigenvalue weighted by atomic mass is 32.2. The van der Waals surface area contributed by atoms with E-state index in [-0.39, 0.29) is 78.8 Å². The van der Waals surface area contributed by atoms with Gasteiger partial charge >= 0.3 is 5.97 Å². The number of rotatable bonds is 23. The highest BCUT2D eigenvalue weighted by Crippen LogP contribution is 2.55. The number of fused-ring (bicyclic) bond motifs is 1. The van der Waals surface area contributed by atoms with E-state index < -0.39 is 71.5 Å². The third kappa shape index (κ3) is 12.8. The molecular formula is C59H74N8O11S. The predicted molar refractivity (Wildman–Crippen MR) is 298 cm³/mol. The molecule has 1 saturated carbocycles. The molecule has 422 valence electrons. The molecule has 8 rings (SSSR count). The van der Waals surface area contributed by atoms with Crippen LogP contribution < -0.4 is 26.8 Å². The van der Waals surface area contributed by atoms with Crippen LogP contribution in [-0.4, -0.2) is 135 Å². The molecule has 0 aromatic heterocycles. The average molecular weight is 1100 g/mol. The summed E-state index contributed by atoms with van der Waals surface area (Å²) in [7, 11) is 0. The Labute approximate surface area is 465 Å². The number of thioether (sulfide) groups is 1. The number of allylic oxidation sites excluding steroid dienone is 1. The van der Waals surface area contributed by atoms with Crippen LogP contribution in [0.3, 0.4) is 0 Å². The lowest BCUT2D eigenvalue weighted by atomic mass is 9.81. The monoisotopic (exact) mass is 1100 g/mol. The van der Waals surface area contributed by atoms with E-state index in [0.29, 0.717) is 66.1 Å². The zero-order valence-electron chi connectivity index (χ0n) is 46.0. The number of hydrogen-bond donors (Lipinski definition) is 5. The molecule has 9 atom stereocenters. The number of aliphatic hydroxyl groups is 1. The Balaban J connectivity index is 0.883. The molecule has 0 spiro atoms. The number of amides is 5. The van der Waals surface area contributed by atoms with Crippen LogP contribution in [0.25, 0.3) is 0 Å². The van der Waals surface area contributed by atoms with Crippen molar-refractivity contribution >= 4 is 71.2 Å². The zero-order valence-corrected chi connectivity index (χ0v) is 46.8. The normalized spacial score (nSPS) is 23.6. The minimum absolute atomic E-state index is 0.0574. The van der Waals surface area contributed by atoms with Crippen molar-refractivity contribution < 1.29 is 52.9 Å². The summed E-state index contributed by atoms with van der Waals surface area (Å²) in [5.74, 6) is -4.82. The van der Waals surface area contributed by atoms with Crippen molar-refractivity contribution in [2.24, 2.45) is 33.7 Å². The van der Waals surface area contributed by atoms with Crippen molar-refractivity contribution in [2.75, 3.05) is 31.6 Å². The molecule has 19 nitrogen and oxygen atoms in total. The number of ketones is 2. The Hall–Kier alpha value is -6.74. The molecule has 1 aliphatic carbocycles. The smallest absolute Gasteiger partial charge is 0.329 e. The molecular weight excluding hydrogens is 1030 g/mol. The second-order valence-corrected chi connectivity index (χ2v) is 23.5. The molecule has 3 saturated heterocycles. The molecule has 3 aromatic rings. The Morgan fingerprint density at radius 1 is 0.987 bits per heavy atom. The van der Waals surface area contributed by atoms with Gasteiger partial charge in [-0.3, -0.25) is 38.6 Å². The van der Waals surface area contributed by atoms with Gasteiger partial charge in [-0.25, -0.2) is 4.79 Å². The number of carbonyl (C=O) groups is 8. The number of anilines is 1. The van der Waals surface area contributed by atoms with Gasteiger partial charge in [0.15, 0.2) is 11.4 Å². The van der Waals surface area contributed by atoms with E-state index in [1.54, 1.807) is 49.4 Å². The fourth-order valence-corrected chi connectivity index (χ4v) is 12.7. The molecule has 4 fully saturated rings.